The minimum absolute atomic E-state index is 0.0813. The molecule has 1 heterocycles. The number of nitrogens with zero attached hydrogens (tertiary/aromatic N) is 2. The molecule has 6 nitrogen and oxygen atoms in total. The van der Waals surface area contributed by atoms with E-state index >= 15 is 0 Å². The van der Waals surface area contributed by atoms with Gasteiger partial charge in [-0.25, -0.2) is 9.37 Å². The van der Waals surface area contributed by atoms with E-state index in [1.54, 1.807) is 0 Å². The third-order valence-corrected chi connectivity index (χ3v) is 3.41. The fourth-order valence-electron chi connectivity index (χ4n) is 2.07. The normalized spacial score (nSPS) is 10.3. The number of anilines is 2. The molecule has 1 aromatic carbocycles. The third kappa shape index (κ3) is 4.79. The zero-order valence-electron chi connectivity index (χ0n) is 13.5. The highest BCUT2D eigenvalue weighted by Gasteiger charge is 2.14. The molecule has 0 unspecified atom stereocenters. The predicted octanol–water partition coefficient (Wildman–Crippen LogP) is 2.85. The Labute approximate surface area is 144 Å². The molecule has 2 aromatic rings. The highest BCUT2D eigenvalue weighted by Crippen LogP contribution is 2.18. The fourth-order valence-corrected chi connectivity index (χ4v) is 2.32. The minimum atomic E-state index is -0.648. The van der Waals surface area contributed by atoms with Crippen LogP contribution in [-0.4, -0.2) is 35.5 Å². The number of aromatic nitrogens is 2. The van der Waals surface area contributed by atoms with Crippen LogP contribution >= 0.6 is 11.6 Å². The first-order valence-corrected chi connectivity index (χ1v) is 7.94. The number of carbonyl (C=O) groups is 1. The monoisotopic (exact) mass is 351 g/mol. The van der Waals surface area contributed by atoms with Crippen molar-refractivity contribution in [2.75, 3.05) is 30.3 Å². The van der Waals surface area contributed by atoms with Crippen LogP contribution in [0.3, 0.4) is 0 Å². The van der Waals surface area contributed by atoms with Crippen molar-refractivity contribution in [1.29, 1.82) is 0 Å². The van der Waals surface area contributed by atoms with Crippen molar-refractivity contribution < 1.29 is 9.18 Å². The van der Waals surface area contributed by atoms with E-state index in [2.05, 4.69) is 25.9 Å². The molecule has 3 N–H and O–H groups in total. The smallest absolute Gasteiger partial charge is 0.255 e. The molecule has 0 aliphatic carbocycles. The molecule has 0 aliphatic rings. The molecule has 0 bridgehead atoms. The molecule has 1 amide bonds. The Kier molecular flexibility index (Phi) is 6.31. The molecule has 24 heavy (non-hydrogen) atoms. The number of carbonyl (C=O) groups excluding carboxylic acids is 1. The summed E-state index contributed by atoms with van der Waals surface area (Å²) >= 11 is 5.85. The Morgan fingerprint density at radius 1 is 1.25 bits per heavy atom. The van der Waals surface area contributed by atoms with E-state index in [9.17, 15) is 9.18 Å². The van der Waals surface area contributed by atoms with Gasteiger partial charge in [0.2, 0.25) is 5.95 Å². The van der Waals surface area contributed by atoms with E-state index in [0.29, 0.717) is 12.5 Å². The number of amides is 1. The van der Waals surface area contributed by atoms with Crippen LogP contribution in [0, 0.1) is 12.7 Å². The lowest BCUT2D eigenvalue weighted by molar-refractivity contribution is 0.0951. The maximum atomic E-state index is 13.6. The number of benzene rings is 1. The molecule has 0 fully saturated rings. The number of aryl methyl sites for hydroxylation is 1. The number of halogens is 2. The van der Waals surface area contributed by atoms with Gasteiger partial charge in [-0.15, -0.1) is 0 Å². The van der Waals surface area contributed by atoms with Crippen molar-refractivity contribution in [2.24, 2.45) is 0 Å². The van der Waals surface area contributed by atoms with E-state index < -0.39 is 11.7 Å². The van der Waals surface area contributed by atoms with Crippen LogP contribution < -0.4 is 16.0 Å². The average Bonchev–Trinajstić information content (AvgIpc) is 2.51. The second-order valence-corrected chi connectivity index (χ2v) is 5.44. The summed E-state index contributed by atoms with van der Waals surface area (Å²) in [5, 5.41) is 8.82. The van der Waals surface area contributed by atoms with Gasteiger partial charge >= 0.3 is 0 Å². The van der Waals surface area contributed by atoms with Gasteiger partial charge in [-0.3, -0.25) is 4.79 Å². The second kappa shape index (κ2) is 8.44. The fraction of sp³-hybridized carbons (Fsp3) is 0.312. The minimum Gasteiger partial charge on any atom is -0.370 e. The van der Waals surface area contributed by atoms with Crippen molar-refractivity contribution in [3.8, 4) is 0 Å². The second-order valence-electron chi connectivity index (χ2n) is 5.03. The molecule has 1 aromatic heterocycles. The first-order valence-electron chi connectivity index (χ1n) is 7.57. The van der Waals surface area contributed by atoms with Crippen LogP contribution in [0.2, 0.25) is 5.02 Å². The van der Waals surface area contributed by atoms with Gasteiger partial charge in [-0.2, -0.15) is 4.98 Å². The average molecular weight is 352 g/mol. The highest BCUT2D eigenvalue weighted by molar-refractivity contribution is 6.33. The van der Waals surface area contributed by atoms with E-state index in [0.717, 1.165) is 18.1 Å². The first-order chi connectivity index (χ1) is 11.5. The number of rotatable bonds is 7. The Bertz CT molecular complexity index is 705. The summed E-state index contributed by atoms with van der Waals surface area (Å²) in [6, 6.07) is 5.96. The number of hydrogen-bond donors (Lipinski definition) is 3. The third-order valence-electron chi connectivity index (χ3n) is 3.10. The molecular formula is C16H19ClFN5O. The van der Waals surface area contributed by atoms with Crippen molar-refractivity contribution >= 4 is 29.3 Å². The quantitative estimate of drug-likeness (QED) is 0.668. The van der Waals surface area contributed by atoms with Gasteiger partial charge in [0.05, 0.1) is 10.6 Å². The maximum absolute atomic E-state index is 13.6. The standard InChI is InChI=1S/C16H19ClFN5O/c1-3-19-13-9-10(2)22-16(23-13)21-8-7-20-15(24)14-11(17)5-4-6-12(14)18/h4-6,9H,3,7-8H2,1-2H3,(H,20,24)(H2,19,21,22,23). The van der Waals surface area contributed by atoms with E-state index in [1.165, 1.54) is 18.2 Å². The summed E-state index contributed by atoms with van der Waals surface area (Å²) in [7, 11) is 0. The molecule has 0 saturated carbocycles. The van der Waals surface area contributed by atoms with Crippen LogP contribution in [0.4, 0.5) is 16.2 Å². The number of hydrogen-bond acceptors (Lipinski definition) is 5. The molecule has 0 atom stereocenters. The molecule has 0 spiro atoms. The topological polar surface area (TPSA) is 78.9 Å². The highest BCUT2D eigenvalue weighted by atomic mass is 35.5. The van der Waals surface area contributed by atoms with Gasteiger partial charge in [0.15, 0.2) is 0 Å². The summed E-state index contributed by atoms with van der Waals surface area (Å²) in [6.45, 7) is 5.28. The summed E-state index contributed by atoms with van der Waals surface area (Å²) in [5.41, 5.74) is 0.672. The summed E-state index contributed by atoms with van der Waals surface area (Å²) in [6.07, 6.45) is 0. The zero-order chi connectivity index (χ0) is 17.5. The van der Waals surface area contributed by atoms with Crippen molar-refractivity contribution in [3.05, 3.63) is 46.4 Å². The van der Waals surface area contributed by atoms with Crippen LogP contribution in [0.15, 0.2) is 24.3 Å². The van der Waals surface area contributed by atoms with E-state index in [4.69, 9.17) is 11.6 Å². The molecule has 0 saturated heterocycles. The predicted molar refractivity (Wildman–Crippen MR) is 93.2 cm³/mol. The molecule has 0 aliphatic heterocycles. The Hall–Kier alpha value is -2.41. The number of nitrogens with one attached hydrogen (secondary N) is 3. The van der Waals surface area contributed by atoms with Gasteiger partial charge in [-0.05, 0) is 26.0 Å². The molecule has 128 valence electrons. The van der Waals surface area contributed by atoms with E-state index in [-0.39, 0.29) is 17.1 Å². The largest absolute Gasteiger partial charge is 0.370 e. The van der Waals surface area contributed by atoms with Crippen molar-refractivity contribution in [1.82, 2.24) is 15.3 Å². The van der Waals surface area contributed by atoms with Gasteiger partial charge in [-0.1, -0.05) is 17.7 Å². The van der Waals surface area contributed by atoms with Crippen LogP contribution in [0.25, 0.3) is 0 Å². The molecular weight excluding hydrogens is 333 g/mol. The Balaban J connectivity index is 1.88. The van der Waals surface area contributed by atoms with Crippen molar-refractivity contribution in [2.45, 2.75) is 13.8 Å². The van der Waals surface area contributed by atoms with Crippen LogP contribution in [0.5, 0.6) is 0 Å². The van der Waals surface area contributed by atoms with Gasteiger partial charge in [0.25, 0.3) is 5.91 Å². The van der Waals surface area contributed by atoms with Crippen molar-refractivity contribution in [3.63, 3.8) is 0 Å². The maximum Gasteiger partial charge on any atom is 0.255 e. The SMILES string of the molecule is CCNc1cc(C)nc(NCCNC(=O)c2c(F)cccc2Cl)n1. The molecule has 0 radical (unpaired) electrons. The molecule has 8 heteroatoms. The summed E-state index contributed by atoms with van der Waals surface area (Å²) < 4.78 is 13.6. The zero-order valence-corrected chi connectivity index (χ0v) is 14.2. The molecule has 2 rings (SSSR count). The van der Waals surface area contributed by atoms with Crippen LogP contribution in [-0.2, 0) is 0 Å². The Morgan fingerprint density at radius 3 is 2.75 bits per heavy atom. The van der Waals surface area contributed by atoms with Gasteiger partial charge < -0.3 is 16.0 Å². The van der Waals surface area contributed by atoms with E-state index in [1.807, 2.05) is 19.9 Å². The Morgan fingerprint density at radius 2 is 2.04 bits per heavy atom. The lowest BCUT2D eigenvalue weighted by atomic mass is 10.2. The lowest BCUT2D eigenvalue weighted by Crippen LogP contribution is -2.30. The van der Waals surface area contributed by atoms with Gasteiger partial charge in [0, 0.05) is 31.4 Å². The summed E-state index contributed by atoms with van der Waals surface area (Å²) in [4.78, 5) is 20.5. The lowest BCUT2D eigenvalue weighted by Gasteiger charge is -2.10. The van der Waals surface area contributed by atoms with Gasteiger partial charge in [0.1, 0.15) is 11.6 Å². The summed E-state index contributed by atoms with van der Waals surface area (Å²) in [5.74, 6) is -0.0116. The first kappa shape index (κ1) is 17.9. The van der Waals surface area contributed by atoms with Crippen LogP contribution in [0.1, 0.15) is 23.0 Å².